The zero-order valence-corrected chi connectivity index (χ0v) is 14.9. The van der Waals surface area contributed by atoms with E-state index in [9.17, 15) is 4.79 Å². The number of hydrogen-bond donors (Lipinski definition) is 1. The van der Waals surface area contributed by atoms with Crippen LogP contribution in [0.2, 0.25) is 0 Å². The highest BCUT2D eigenvalue weighted by molar-refractivity contribution is 5.94. The van der Waals surface area contributed by atoms with Gasteiger partial charge in [0, 0.05) is 24.7 Å². The van der Waals surface area contributed by atoms with Crippen LogP contribution in [-0.4, -0.2) is 44.7 Å². The Hall–Kier alpha value is -2.53. The van der Waals surface area contributed by atoms with Crippen LogP contribution >= 0.6 is 0 Å². The molecule has 1 aliphatic heterocycles. The largest absolute Gasteiger partial charge is 0.493 e. The molecule has 1 amide bonds. The lowest BCUT2D eigenvalue weighted by Crippen LogP contribution is -2.45. The molecule has 132 valence electrons. The molecular formula is C20H24N2O3. The maximum Gasteiger partial charge on any atom is 0.251 e. The van der Waals surface area contributed by atoms with E-state index < -0.39 is 0 Å². The Morgan fingerprint density at radius 1 is 1.12 bits per heavy atom. The molecule has 1 atom stereocenters. The topological polar surface area (TPSA) is 50.8 Å². The first-order valence-corrected chi connectivity index (χ1v) is 8.39. The van der Waals surface area contributed by atoms with Gasteiger partial charge in [-0.3, -0.25) is 9.69 Å². The molecule has 5 heteroatoms. The third kappa shape index (κ3) is 3.77. The number of carbonyl (C=O) groups excluding carboxylic acids is 1. The SMILES string of the molecule is COc1ccc(C(=O)NC[C@@H]2Cc3ccccc3CN2C)cc1OC. The summed E-state index contributed by atoms with van der Waals surface area (Å²) in [6.07, 6.45) is 0.943. The van der Waals surface area contributed by atoms with Crippen LogP contribution in [-0.2, 0) is 13.0 Å². The predicted octanol–water partition coefficient (Wildman–Crippen LogP) is 2.49. The zero-order valence-electron chi connectivity index (χ0n) is 14.9. The van der Waals surface area contributed by atoms with E-state index in [1.54, 1.807) is 32.4 Å². The summed E-state index contributed by atoms with van der Waals surface area (Å²) in [5.74, 6) is 1.06. The lowest BCUT2D eigenvalue weighted by atomic mass is 9.94. The number of methoxy groups -OCH3 is 2. The number of nitrogens with one attached hydrogen (secondary N) is 1. The normalized spacial score (nSPS) is 16.8. The minimum absolute atomic E-state index is 0.104. The summed E-state index contributed by atoms with van der Waals surface area (Å²) in [5, 5.41) is 3.04. The van der Waals surface area contributed by atoms with Gasteiger partial charge < -0.3 is 14.8 Å². The molecule has 0 aliphatic carbocycles. The van der Waals surface area contributed by atoms with E-state index in [0.29, 0.717) is 29.6 Å². The van der Waals surface area contributed by atoms with Crippen LogP contribution < -0.4 is 14.8 Å². The van der Waals surface area contributed by atoms with Gasteiger partial charge in [-0.1, -0.05) is 24.3 Å². The summed E-state index contributed by atoms with van der Waals surface area (Å²) in [5.41, 5.74) is 3.30. The maximum absolute atomic E-state index is 12.5. The van der Waals surface area contributed by atoms with E-state index >= 15 is 0 Å². The Balaban J connectivity index is 1.65. The highest BCUT2D eigenvalue weighted by Crippen LogP contribution is 2.27. The molecule has 5 nitrogen and oxygen atoms in total. The van der Waals surface area contributed by atoms with Crippen LogP contribution in [0, 0.1) is 0 Å². The molecule has 0 aromatic heterocycles. The molecule has 0 saturated carbocycles. The van der Waals surface area contributed by atoms with Gasteiger partial charge in [-0.2, -0.15) is 0 Å². The third-order valence-electron chi connectivity index (χ3n) is 4.76. The Morgan fingerprint density at radius 3 is 2.56 bits per heavy atom. The van der Waals surface area contributed by atoms with Crippen molar-refractivity contribution in [3.8, 4) is 11.5 Å². The van der Waals surface area contributed by atoms with E-state index in [-0.39, 0.29) is 5.91 Å². The molecule has 0 saturated heterocycles. The lowest BCUT2D eigenvalue weighted by Gasteiger charge is -2.34. The molecule has 3 rings (SSSR count). The standard InChI is InChI=1S/C20H24N2O3/c1-22-13-16-7-5-4-6-14(16)10-17(22)12-21-20(23)15-8-9-18(24-2)19(11-15)25-3/h4-9,11,17H,10,12-13H2,1-3H3,(H,21,23)/t17-/m0/s1. The second-order valence-electron chi connectivity index (χ2n) is 6.32. The van der Waals surface area contributed by atoms with Gasteiger partial charge in [0.15, 0.2) is 11.5 Å². The number of nitrogens with zero attached hydrogens (tertiary/aromatic N) is 1. The van der Waals surface area contributed by atoms with Gasteiger partial charge in [-0.15, -0.1) is 0 Å². The molecule has 1 heterocycles. The fourth-order valence-corrected chi connectivity index (χ4v) is 3.24. The molecule has 0 radical (unpaired) electrons. The second-order valence-corrected chi connectivity index (χ2v) is 6.32. The average Bonchev–Trinajstić information content (AvgIpc) is 2.65. The number of ether oxygens (including phenoxy) is 2. The molecule has 0 spiro atoms. The first-order chi connectivity index (χ1) is 12.1. The molecule has 0 bridgehead atoms. The molecule has 2 aromatic carbocycles. The van der Waals surface area contributed by atoms with Crippen LogP contribution in [0.3, 0.4) is 0 Å². The van der Waals surface area contributed by atoms with Crippen molar-refractivity contribution in [3.05, 3.63) is 59.2 Å². The number of benzene rings is 2. The average molecular weight is 340 g/mol. The number of rotatable bonds is 5. The summed E-state index contributed by atoms with van der Waals surface area (Å²) in [6.45, 7) is 1.52. The van der Waals surface area contributed by atoms with Crippen molar-refractivity contribution in [1.29, 1.82) is 0 Å². The number of likely N-dealkylation sites (N-methyl/N-ethyl adjacent to an activating group) is 1. The van der Waals surface area contributed by atoms with E-state index in [4.69, 9.17) is 9.47 Å². The third-order valence-corrected chi connectivity index (χ3v) is 4.76. The minimum Gasteiger partial charge on any atom is -0.493 e. The molecule has 0 fully saturated rings. The van der Waals surface area contributed by atoms with E-state index in [1.807, 2.05) is 0 Å². The van der Waals surface area contributed by atoms with Crippen molar-refractivity contribution in [2.75, 3.05) is 27.8 Å². The van der Waals surface area contributed by atoms with Crippen molar-refractivity contribution in [1.82, 2.24) is 10.2 Å². The summed E-state index contributed by atoms with van der Waals surface area (Å²) >= 11 is 0. The van der Waals surface area contributed by atoms with E-state index in [0.717, 1.165) is 13.0 Å². The summed E-state index contributed by atoms with van der Waals surface area (Å²) in [4.78, 5) is 14.8. The number of fused-ring (bicyclic) bond motifs is 1. The highest BCUT2D eigenvalue weighted by Gasteiger charge is 2.23. The van der Waals surface area contributed by atoms with Crippen LogP contribution in [0.25, 0.3) is 0 Å². The summed E-state index contributed by atoms with van der Waals surface area (Å²) < 4.78 is 10.5. The Kier molecular flexibility index (Phi) is 5.24. The van der Waals surface area contributed by atoms with E-state index in [2.05, 4.69) is 41.5 Å². The zero-order chi connectivity index (χ0) is 17.8. The number of carbonyl (C=O) groups is 1. The first-order valence-electron chi connectivity index (χ1n) is 8.39. The van der Waals surface area contributed by atoms with Crippen molar-refractivity contribution >= 4 is 5.91 Å². The quantitative estimate of drug-likeness (QED) is 0.909. The second kappa shape index (κ2) is 7.57. The lowest BCUT2D eigenvalue weighted by molar-refractivity contribution is 0.0934. The van der Waals surface area contributed by atoms with Gasteiger partial charge in [-0.25, -0.2) is 0 Å². The van der Waals surface area contributed by atoms with Crippen LogP contribution in [0.1, 0.15) is 21.5 Å². The van der Waals surface area contributed by atoms with Gasteiger partial charge in [0.1, 0.15) is 0 Å². The van der Waals surface area contributed by atoms with Gasteiger partial charge in [0.2, 0.25) is 0 Å². The Labute approximate surface area is 148 Å². The smallest absolute Gasteiger partial charge is 0.251 e. The van der Waals surface area contributed by atoms with E-state index in [1.165, 1.54) is 11.1 Å². The minimum atomic E-state index is -0.104. The molecule has 1 aliphatic rings. The monoisotopic (exact) mass is 340 g/mol. The number of hydrogen-bond acceptors (Lipinski definition) is 4. The van der Waals surface area contributed by atoms with Crippen LogP contribution in [0.4, 0.5) is 0 Å². The fourth-order valence-electron chi connectivity index (χ4n) is 3.24. The van der Waals surface area contributed by atoms with Gasteiger partial charge in [-0.05, 0) is 42.8 Å². The van der Waals surface area contributed by atoms with Gasteiger partial charge in [0.05, 0.1) is 14.2 Å². The Bertz CT molecular complexity index is 760. The molecule has 1 N–H and O–H groups in total. The highest BCUT2D eigenvalue weighted by atomic mass is 16.5. The Morgan fingerprint density at radius 2 is 1.84 bits per heavy atom. The molecule has 25 heavy (non-hydrogen) atoms. The van der Waals surface area contributed by atoms with Gasteiger partial charge >= 0.3 is 0 Å². The number of amides is 1. The van der Waals surface area contributed by atoms with Crippen molar-refractivity contribution in [2.45, 2.75) is 19.0 Å². The van der Waals surface area contributed by atoms with Crippen molar-refractivity contribution in [2.24, 2.45) is 0 Å². The van der Waals surface area contributed by atoms with Gasteiger partial charge in [0.25, 0.3) is 5.91 Å². The fraction of sp³-hybridized carbons (Fsp3) is 0.350. The molecular weight excluding hydrogens is 316 g/mol. The summed E-state index contributed by atoms with van der Waals surface area (Å²) in [6, 6.07) is 14.0. The molecule has 2 aromatic rings. The maximum atomic E-state index is 12.5. The summed E-state index contributed by atoms with van der Waals surface area (Å²) in [7, 11) is 5.24. The van der Waals surface area contributed by atoms with Crippen LogP contribution in [0.15, 0.2) is 42.5 Å². The predicted molar refractivity (Wildman–Crippen MR) is 97.3 cm³/mol. The first kappa shape index (κ1) is 17.3. The van der Waals surface area contributed by atoms with Crippen LogP contribution in [0.5, 0.6) is 11.5 Å². The van der Waals surface area contributed by atoms with Crippen molar-refractivity contribution in [3.63, 3.8) is 0 Å². The molecule has 0 unspecified atom stereocenters. The van der Waals surface area contributed by atoms with Crippen molar-refractivity contribution < 1.29 is 14.3 Å².